The normalized spacial score (nSPS) is 13.9. The van der Waals surface area contributed by atoms with Gasteiger partial charge in [-0.15, -0.1) is 11.3 Å². The summed E-state index contributed by atoms with van der Waals surface area (Å²) >= 11 is 1.77. The van der Waals surface area contributed by atoms with E-state index >= 15 is 0 Å². The minimum Gasteiger partial charge on any atom is -0.374 e. The van der Waals surface area contributed by atoms with E-state index in [9.17, 15) is 0 Å². The molecule has 0 bridgehead atoms. The van der Waals surface area contributed by atoms with Gasteiger partial charge in [-0.25, -0.2) is 0 Å². The van der Waals surface area contributed by atoms with Crippen molar-refractivity contribution in [2.75, 3.05) is 6.61 Å². The lowest BCUT2D eigenvalue weighted by Crippen LogP contribution is -2.55. The van der Waals surface area contributed by atoms with Gasteiger partial charge in [0.1, 0.15) is 0 Å². The molecule has 1 atom stereocenters. The first kappa shape index (κ1) is 14.6. The molecule has 0 amide bonds. The fourth-order valence-electron chi connectivity index (χ4n) is 2.36. The van der Waals surface area contributed by atoms with Crippen LogP contribution in [0.2, 0.25) is 0 Å². The fourth-order valence-corrected chi connectivity index (χ4v) is 3.11. The lowest BCUT2D eigenvalue weighted by atomic mass is 9.86. The molecule has 17 heavy (non-hydrogen) atoms. The van der Waals surface area contributed by atoms with E-state index in [1.165, 1.54) is 4.88 Å². The smallest absolute Gasteiger partial charge is 0.0846 e. The Kier molecular flexibility index (Phi) is 6.12. The van der Waals surface area contributed by atoms with Gasteiger partial charge in [-0.05, 0) is 31.2 Å². The zero-order valence-electron chi connectivity index (χ0n) is 11.0. The Morgan fingerprint density at radius 1 is 1.41 bits per heavy atom. The Morgan fingerprint density at radius 2 is 2.12 bits per heavy atom. The maximum absolute atomic E-state index is 5.99. The quantitative estimate of drug-likeness (QED) is 0.555. The van der Waals surface area contributed by atoms with Gasteiger partial charge in [0.15, 0.2) is 0 Å². The van der Waals surface area contributed by atoms with Crippen molar-refractivity contribution in [3.05, 3.63) is 22.4 Å². The van der Waals surface area contributed by atoms with Gasteiger partial charge in [0, 0.05) is 17.9 Å². The molecule has 98 valence electrons. The number of hydrogen-bond donors (Lipinski definition) is 2. The topological polar surface area (TPSA) is 47.3 Å². The third-order valence-electron chi connectivity index (χ3n) is 3.45. The molecule has 1 aromatic heterocycles. The van der Waals surface area contributed by atoms with Crippen molar-refractivity contribution >= 4 is 11.3 Å². The van der Waals surface area contributed by atoms with Gasteiger partial charge in [-0.2, -0.15) is 0 Å². The summed E-state index contributed by atoms with van der Waals surface area (Å²) in [6.07, 6.45) is 2.87. The molecule has 0 radical (unpaired) electrons. The second kappa shape index (κ2) is 7.11. The molecule has 4 heteroatoms. The monoisotopic (exact) mass is 256 g/mol. The Balaban J connectivity index is 2.80. The van der Waals surface area contributed by atoms with Gasteiger partial charge >= 0.3 is 0 Å². The van der Waals surface area contributed by atoms with Gasteiger partial charge in [0.2, 0.25) is 0 Å². The third kappa shape index (κ3) is 3.52. The van der Waals surface area contributed by atoms with E-state index < -0.39 is 0 Å². The minimum atomic E-state index is -0.159. The first-order valence-electron chi connectivity index (χ1n) is 6.34. The van der Waals surface area contributed by atoms with Crippen molar-refractivity contribution in [1.82, 2.24) is 5.43 Å². The number of nitrogens with two attached hydrogens (primary N) is 1. The number of rotatable bonds is 8. The molecule has 1 heterocycles. The summed E-state index contributed by atoms with van der Waals surface area (Å²) in [4.78, 5) is 1.35. The summed E-state index contributed by atoms with van der Waals surface area (Å²) in [6.45, 7) is 7.10. The van der Waals surface area contributed by atoms with Crippen molar-refractivity contribution in [2.45, 2.75) is 51.7 Å². The predicted molar refractivity (Wildman–Crippen MR) is 74.1 cm³/mol. The summed E-state index contributed by atoms with van der Waals surface area (Å²) in [6, 6.07) is 4.39. The van der Waals surface area contributed by atoms with Crippen LogP contribution in [-0.2, 0) is 11.2 Å². The van der Waals surface area contributed by atoms with Crippen molar-refractivity contribution in [3.8, 4) is 0 Å². The van der Waals surface area contributed by atoms with Crippen molar-refractivity contribution in [3.63, 3.8) is 0 Å². The van der Waals surface area contributed by atoms with E-state index in [4.69, 9.17) is 10.6 Å². The molecule has 0 saturated carbocycles. The lowest BCUT2D eigenvalue weighted by Gasteiger charge is -2.39. The van der Waals surface area contributed by atoms with E-state index in [1.54, 1.807) is 11.3 Å². The molecule has 3 N–H and O–H groups in total. The molecule has 0 saturated heterocycles. The van der Waals surface area contributed by atoms with Crippen molar-refractivity contribution in [2.24, 2.45) is 5.84 Å². The maximum atomic E-state index is 5.99. The van der Waals surface area contributed by atoms with Crippen LogP contribution < -0.4 is 11.3 Å². The average Bonchev–Trinajstić information content (AvgIpc) is 2.86. The summed E-state index contributed by atoms with van der Waals surface area (Å²) in [5.74, 6) is 5.73. The predicted octanol–water partition coefficient (Wildman–Crippen LogP) is 2.72. The zero-order valence-corrected chi connectivity index (χ0v) is 11.8. The molecule has 0 fully saturated rings. The van der Waals surface area contributed by atoms with E-state index in [1.807, 2.05) is 6.92 Å². The fraction of sp³-hybridized carbons (Fsp3) is 0.692. The van der Waals surface area contributed by atoms with Gasteiger partial charge < -0.3 is 4.74 Å². The lowest BCUT2D eigenvalue weighted by molar-refractivity contribution is -0.0718. The molecule has 1 aromatic rings. The first-order valence-corrected chi connectivity index (χ1v) is 7.22. The molecular formula is C13H24N2OS. The summed E-state index contributed by atoms with van der Waals surface area (Å²) < 4.78 is 5.99. The van der Waals surface area contributed by atoms with Gasteiger partial charge in [-0.3, -0.25) is 11.3 Å². The third-order valence-corrected chi connectivity index (χ3v) is 4.35. The van der Waals surface area contributed by atoms with Crippen molar-refractivity contribution in [1.29, 1.82) is 0 Å². The first-order chi connectivity index (χ1) is 8.22. The van der Waals surface area contributed by atoms with Crippen LogP contribution in [0.3, 0.4) is 0 Å². The molecule has 0 spiro atoms. The molecule has 1 unspecified atom stereocenters. The number of hydrogen-bond acceptors (Lipinski definition) is 4. The Morgan fingerprint density at radius 3 is 2.53 bits per heavy atom. The number of thiophene rings is 1. The van der Waals surface area contributed by atoms with Gasteiger partial charge in [0.25, 0.3) is 0 Å². The average molecular weight is 256 g/mol. The number of ether oxygens (including phenoxy) is 1. The Bertz CT molecular complexity index is 296. The van der Waals surface area contributed by atoms with Crippen LogP contribution in [-0.4, -0.2) is 18.2 Å². The van der Waals surface area contributed by atoms with E-state index in [0.717, 1.165) is 25.9 Å². The summed E-state index contributed by atoms with van der Waals surface area (Å²) in [5.41, 5.74) is 2.79. The van der Waals surface area contributed by atoms with Crippen LogP contribution in [0.5, 0.6) is 0 Å². The van der Waals surface area contributed by atoms with Crippen LogP contribution in [0, 0.1) is 0 Å². The highest BCUT2D eigenvalue weighted by molar-refractivity contribution is 7.09. The molecular weight excluding hydrogens is 232 g/mol. The molecule has 1 rings (SSSR count). The highest BCUT2D eigenvalue weighted by Crippen LogP contribution is 2.28. The second-order valence-electron chi connectivity index (χ2n) is 4.21. The van der Waals surface area contributed by atoms with E-state index in [-0.39, 0.29) is 11.6 Å². The Labute approximate surface area is 108 Å². The van der Waals surface area contributed by atoms with Crippen LogP contribution in [0.15, 0.2) is 17.5 Å². The summed E-state index contributed by atoms with van der Waals surface area (Å²) in [5, 5.41) is 2.10. The summed E-state index contributed by atoms with van der Waals surface area (Å²) in [7, 11) is 0. The van der Waals surface area contributed by atoms with Crippen LogP contribution in [0.4, 0.5) is 0 Å². The largest absolute Gasteiger partial charge is 0.374 e. The second-order valence-corrected chi connectivity index (χ2v) is 5.24. The van der Waals surface area contributed by atoms with Crippen LogP contribution in [0.25, 0.3) is 0 Å². The SMILES string of the molecule is CCOC(CC)(CC)C(Cc1cccs1)NN. The Hall–Kier alpha value is -0.420. The van der Waals surface area contributed by atoms with Crippen LogP contribution >= 0.6 is 11.3 Å². The number of hydrazine groups is 1. The molecule has 0 aliphatic heterocycles. The van der Waals surface area contributed by atoms with Crippen LogP contribution in [0.1, 0.15) is 38.5 Å². The van der Waals surface area contributed by atoms with Gasteiger partial charge in [-0.1, -0.05) is 19.9 Å². The molecule has 0 aromatic carbocycles. The number of nitrogens with one attached hydrogen (secondary N) is 1. The van der Waals surface area contributed by atoms with E-state index in [2.05, 4.69) is 36.8 Å². The standard InChI is InChI=1S/C13H24N2OS/c1-4-13(5-2,16-6-3)12(15-14)10-11-8-7-9-17-11/h7-9,12,15H,4-6,10,14H2,1-3H3. The highest BCUT2D eigenvalue weighted by atomic mass is 32.1. The minimum absolute atomic E-state index is 0.159. The maximum Gasteiger partial charge on any atom is 0.0846 e. The van der Waals surface area contributed by atoms with Crippen molar-refractivity contribution < 1.29 is 4.74 Å². The highest BCUT2D eigenvalue weighted by Gasteiger charge is 2.36. The molecule has 0 aliphatic carbocycles. The molecule has 0 aliphatic rings. The molecule has 3 nitrogen and oxygen atoms in total. The van der Waals surface area contributed by atoms with Gasteiger partial charge in [0.05, 0.1) is 11.6 Å². The zero-order chi connectivity index (χ0) is 12.7. The van der Waals surface area contributed by atoms with E-state index in [0.29, 0.717) is 0 Å².